The largest absolute Gasteiger partial charge is 0.465 e. The molecule has 1 rings (SSSR count). The average Bonchev–Trinajstić information content (AvgIpc) is 2.61. The molecule has 102 valence electrons. The quantitative estimate of drug-likeness (QED) is 0.504. The number of aromatic nitrogens is 2. The Morgan fingerprint density at radius 1 is 1.56 bits per heavy atom. The van der Waals surface area contributed by atoms with E-state index in [1.54, 1.807) is 6.33 Å². The van der Waals surface area contributed by atoms with Gasteiger partial charge in [0.2, 0.25) is 0 Å². The maximum Gasteiger partial charge on any atom is 0.327 e. The highest BCUT2D eigenvalue weighted by molar-refractivity contribution is 14.1. The van der Waals surface area contributed by atoms with E-state index in [9.17, 15) is 4.79 Å². The van der Waals surface area contributed by atoms with Gasteiger partial charge in [-0.25, -0.2) is 9.78 Å². The SMILES string of the molecule is CCNC(C)(Cn1cnc(I)c1I)C(=O)OCC. The second kappa shape index (κ2) is 7.04. The number of likely N-dealkylation sites (N-methyl/N-ethyl adjacent to an activating group) is 1. The van der Waals surface area contributed by atoms with Crippen molar-refractivity contribution >= 4 is 51.2 Å². The highest BCUT2D eigenvalue weighted by atomic mass is 127. The zero-order valence-corrected chi connectivity index (χ0v) is 15.0. The lowest BCUT2D eigenvalue weighted by Gasteiger charge is -2.28. The molecule has 0 aliphatic rings. The number of nitrogens with one attached hydrogen (secondary N) is 1. The molecule has 1 atom stereocenters. The Labute approximate surface area is 134 Å². The number of halogens is 2. The molecule has 1 unspecified atom stereocenters. The molecule has 0 saturated carbocycles. The third-order valence-electron chi connectivity index (χ3n) is 2.51. The smallest absolute Gasteiger partial charge is 0.327 e. The standard InChI is InChI=1S/C11H17I2N3O2/c1-4-15-11(3,10(17)18-5-2)6-16-7-14-8(12)9(16)13/h7,15H,4-6H2,1-3H3. The topological polar surface area (TPSA) is 56.2 Å². The summed E-state index contributed by atoms with van der Waals surface area (Å²) >= 11 is 4.40. The number of hydrogen-bond acceptors (Lipinski definition) is 4. The Hall–Kier alpha value is 0.1000. The third kappa shape index (κ3) is 3.80. The lowest BCUT2D eigenvalue weighted by molar-refractivity contribution is -0.151. The zero-order chi connectivity index (χ0) is 13.8. The van der Waals surface area contributed by atoms with Crippen LogP contribution in [0, 0.1) is 7.40 Å². The molecular formula is C11H17I2N3O2. The Morgan fingerprint density at radius 3 is 2.67 bits per heavy atom. The zero-order valence-electron chi connectivity index (χ0n) is 10.7. The summed E-state index contributed by atoms with van der Waals surface area (Å²) in [5.41, 5.74) is -0.728. The molecule has 0 amide bonds. The summed E-state index contributed by atoms with van der Waals surface area (Å²) < 4.78 is 9.07. The summed E-state index contributed by atoms with van der Waals surface area (Å²) in [6.07, 6.45) is 1.75. The van der Waals surface area contributed by atoms with E-state index in [4.69, 9.17) is 4.74 Å². The van der Waals surface area contributed by atoms with Crippen LogP contribution < -0.4 is 5.32 Å². The van der Waals surface area contributed by atoms with Gasteiger partial charge in [0.05, 0.1) is 19.5 Å². The second-order valence-corrected chi connectivity index (χ2v) is 6.08. The van der Waals surface area contributed by atoms with Crippen LogP contribution in [0.2, 0.25) is 0 Å². The molecule has 0 aromatic carbocycles. The molecule has 7 heteroatoms. The Kier molecular flexibility index (Phi) is 6.31. The molecule has 0 aliphatic heterocycles. The van der Waals surface area contributed by atoms with E-state index in [0.717, 1.165) is 7.40 Å². The third-order valence-corrected chi connectivity index (χ3v) is 5.46. The number of ether oxygens (including phenoxy) is 1. The molecule has 1 aromatic heterocycles. The first-order chi connectivity index (χ1) is 8.44. The van der Waals surface area contributed by atoms with E-state index < -0.39 is 5.54 Å². The molecule has 1 heterocycles. The minimum absolute atomic E-state index is 0.230. The number of carbonyl (C=O) groups is 1. The van der Waals surface area contributed by atoms with Crippen molar-refractivity contribution in [2.45, 2.75) is 32.9 Å². The lowest BCUT2D eigenvalue weighted by Crippen LogP contribution is -2.53. The van der Waals surface area contributed by atoms with Gasteiger partial charge in [-0.1, -0.05) is 6.92 Å². The van der Waals surface area contributed by atoms with Crippen LogP contribution in [-0.4, -0.2) is 34.2 Å². The van der Waals surface area contributed by atoms with Crippen LogP contribution in [0.3, 0.4) is 0 Å². The van der Waals surface area contributed by atoms with E-state index in [1.807, 2.05) is 25.3 Å². The van der Waals surface area contributed by atoms with Crippen molar-refractivity contribution < 1.29 is 9.53 Å². The first kappa shape index (κ1) is 16.2. The summed E-state index contributed by atoms with van der Waals surface area (Å²) in [5, 5.41) is 3.20. The van der Waals surface area contributed by atoms with Crippen LogP contribution in [-0.2, 0) is 16.1 Å². The van der Waals surface area contributed by atoms with Crippen LogP contribution in [0.1, 0.15) is 20.8 Å². The van der Waals surface area contributed by atoms with Crippen molar-refractivity contribution in [1.82, 2.24) is 14.9 Å². The fourth-order valence-electron chi connectivity index (χ4n) is 1.67. The molecule has 1 N–H and O–H groups in total. The second-order valence-electron chi connectivity index (χ2n) is 4.04. The van der Waals surface area contributed by atoms with Gasteiger partial charge in [0.1, 0.15) is 12.9 Å². The molecule has 0 spiro atoms. The van der Waals surface area contributed by atoms with Gasteiger partial charge in [0.25, 0.3) is 0 Å². The van der Waals surface area contributed by atoms with Crippen LogP contribution in [0.25, 0.3) is 0 Å². The van der Waals surface area contributed by atoms with Gasteiger partial charge in [-0.15, -0.1) is 0 Å². The fraction of sp³-hybridized carbons (Fsp3) is 0.636. The number of nitrogens with zero attached hydrogens (tertiary/aromatic N) is 2. The Morgan fingerprint density at radius 2 is 2.22 bits per heavy atom. The van der Waals surface area contributed by atoms with Gasteiger partial charge in [0.15, 0.2) is 0 Å². The molecular weight excluding hydrogens is 460 g/mol. The van der Waals surface area contributed by atoms with Gasteiger partial charge in [-0.2, -0.15) is 0 Å². The first-order valence-electron chi connectivity index (χ1n) is 5.73. The molecule has 5 nitrogen and oxygen atoms in total. The molecule has 0 radical (unpaired) electrons. The van der Waals surface area contributed by atoms with Crippen molar-refractivity contribution in [1.29, 1.82) is 0 Å². The summed E-state index contributed by atoms with van der Waals surface area (Å²) in [6.45, 7) is 7.25. The summed E-state index contributed by atoms with van der Waals surface area (Å²) in [6, 6.07) is 0. The van der Waals surface area contributed by atoms with Crippen LogP contribution in [0.4, 0.5) is 0 Å². The molecule has 1 aromatic rings. The maximum atomic E-state index is 12.1. The van der Waals surface area contributed by atoms with E-state index in [1.165, 1.54) is 0 Å². The van der Waals surface area contributed by atoms with Gasteiger partial charge in [0, 0.05) is 0 Å². The number of carbonyl (C=O) groups excluding carboxylic acids is 1. The Bertz CT molecular complexity index is 422. The van der Waals surface area contributed by atoms with Gasteiger partial charge < -0.3 is 14.6 Å². The van der Waals surface area contributed by atoms with Gasteiger partial charge >= 0.3 is 5.97 Å². The van der Waals surface area contributed by atoms with Crippen molar-refractivity contribution in [3.8, 4) is 0 Å². The van der Waals surface area contributed by atoms with E-state index >= 15 is 0 Å². The number of imidazole rings is 1. The summed E-state index contributed by atoms with van der Waals surface area (Å²) in [5.74, 6) is -0.230. The van der Waals surface area contributed by atoms with Crippen molar-refractivity contribution in [3.05, 3.63) is 13.7 Å². The number of rotatable bonds is 6. The van der Waals surface area contributed by atoms with Gasteiger partial charge in [-0.3, -0.25) is 0 Å². The maximum absolute atomic E-state index is 12.1. The minimum atomic E-state index is -0.728. The molecule has 0 bridgehead atoms. The monoisotopic (exact) mass is 477 g/mol. The van der Waals surface area contributed by atoms with Crippen molar-refractivity contribution in [2.24, 2.45) is 0 Å². The highest BCUT2D eigenvalue weighted by Gasteiger charge is 2.35. The lowest BCUT2D eigenvalue weighted by atomic mass is 10.0. The molecule has 0 saturated heterocycles. The van der Waals surface area contributed by atoms with Crippen LogP contribution >= 0.6 is 45.2 Å². The molecule has 0 fully saturated rings. The van der Waals surface area contributed by atoms with E-state index in [0.29, 0.717) is 19.7 Å². The van der Waals surface area contributed by atoms with Gasteiger partial charge in [-0.05, 0) is 65.6 Å². The van der Waals surface area contributed by atoms with E-state index in [-0.39, 0.29) is 5.97 Å². The minimum Gasteiger partial charge on any atom is -0.465 e. The van der Waals surface area contributed by atoms with E-state index in [2.05, 4.69) is 55.5 Å². The summed E-state index contributed by atoms with van der Waals surface area (Å²) in [7, 11) is 0. The van der Waals surface area contributed by atoms with Crippen LogP contribution in [0.5, 0.6) is 0 Å². The van der Waals surface area contributed by atoms with Crippen molar-refractivity contribution in [2.75, 3.05) is 13.2 Å². The Balaban J connectivity index is 2.92. The fourth-order valence-corrected chi connectivity index (χ4v) is 2.54. The highest BCUT2D eigenvalue weighted by Crippen LogP contribution is 2.17. The molecule has 0 aliphatic carbocycles. The number of esters is 1. The van der Waals surface area contributed by atoms with Crippen LogP contribution in [0.15, 0.2) is 6.33 Å². The summed E-state index contributed by atoms with van der Waals surface area (Å²) in [4.78, 5) is 16.3. The predicted octanol–water partition coefficient (Wildman–Crippen LogP) is 2.02. The first-order valence-corrected chi connectivity index (χ1v) is 7.88. The normalized spacial score (nSPS) is 14.3. The molecule has 18 heavy (non-hydrogen) atoms. The van der Waals surface area contributed by atoms with Crippen molar-refractivity contribution in [3.63, 3.8) is 0 Å². The number of hydrogen-bond donors (Lipinski definition) is 1. The predicted molar refractivity (Wildman–Crippen MR) is 86.4 cm³/mol. The average molecular weight is 477 g/mol.